The van der Waals surface area contributed by atoms with Crippen LogP contribution in [-0.4, -0.2) is 54.9 Å². The van der Waals surface area contributed by atoms with E-state index in [1.165, 1.54) is 0 Å². The number of para-hydroxylation sites is 1. The van der Waals surface area contributed by atoms with Gasteiger partial charge in [0.05, 0.1) is 18.9 Å². The van der Waals surface area contributed by atoms with Gasteiger partial charge >= 0.3 is 0 Å². The molecule has 4 aliphatic heterocycles. The number of nitrogens with zero attached hydrogens (tertiary/aromatic N) is 3. The molecule has 2 aromatic carbocycles. The first-order chi connectivity index (χ1) is 15.2. The zero-order valence-corrected chi connectivity index (χ0v) is 18.0. The molecule has 7 heteroatoms. The van der Waals surface area contributed by atoms with Crippen molar-refractivity contribution in [2.45, 2.75) is 38.0 Å². The summed E-state index contributed by atoms with van der Waals surface area (Å²) in [6.45, 7) is 5.55. The molecule has 7 nitrogen and oxygen atoms in total. The molecule has 1 atom stereocenters. The van der Waals surface area contributed by atoms with Crippen molar-refractivity contribution < 1.29 is 18.9 Å². The van der Waals surface area contributed by atoms with Crippen molar-refractivity contribution in [3.05, 3.63) is 47.5 Å². The summed E-state index contributed by atoms with van der Waals surface area (Å²) < 4.78 is 23.5. The van der Waals surface area contributed by atoms with Gasteiger partial charge in [-0.1, -0.05) is 19.1 Å². The van der Waals surface area contributed by atoms with E-state index in [9.17, 15) is 0 Å². The maximum absolute atomic E-state index is 6.77. The summed E-state index contributed by atoms with van der Waals surface area (Å²) in [5.74, 6) is 3.25. The first-order valence-corrected chi connectivity index (χ1v) is 11.1. The average Bonchev–Trinajstić information content (AvgIpc) is 3.47. The molecular formula is C24H27N3O4. The molecule has 2 aromatic rings. The normalized spacial score (nSPS) is 23.2. The second-order valence-electron chi connectivity index (χ2n) is 8.54. The highest BCUT2D eigenvalue weighted by Gasteiger charge is 2.52. The summed E-state index contributed by atoms with van der Waals surface area (Å²) in [4.78, 5) is 2.47. The van der Waals surface area contributed by atoms with Crippen LogP contribution in [-0.2, 0) is 0 Å². The zero-order valence-electron chi connectivity index (χ0n) is 18.0. The lowest BCUT2D eigenvalue weighted by molar-refractivity contribution is -0.150. The van der Waals surface area contributed by atoms with Crippen molar-refractivity contribution in [3.63, 3.8) is 0 Å². The van der Waals surface area contributed by atoms with Crippen LogP contribution in [0, 0.1) is 0 Å². The number of ether oxygens (including phenoxy) is 4. The van der Waals surface area contributed by atoms with Gasteiger partial charge in [0, 0.05) is 43.5 Å². The third-order valence-electron chi connectivity index (χ3n) is 7.00. The Hall–Kier alpha value is -2.93. The van der Waals surface area contributed by atoms with E-state index in [0.29, 0.717) is 0 Å². The fourth-order valence-corrected chi connectivity index (χ4v) is 5.23. The Kier molecular flexibility index (Phi) is 4.28. The van der Waals surface area contributed by atoms with Crippen molar-refractivity contribution in [2.75, 3.05) is 33.5 Å². The SMILES string of the molecule is CCN1CCC2(CC1)Oc1c(OC)cccc1C1CC(c3ccc4c(c3)OCO4)=NN12. The van der Waals surface area contributed by atoms with Crippen LogP contribution in [0.4, 0.5) is 0 Å². The Morgan fingerprint density at radius 2 is 1.97 bits per heavy atom. The highest BCUT2D eigenvalue weighted by Crippen LogP contribution is 2.52. The Labute approximate surface area is 182 Å². The molecule has 0 aliphatic carbocycles. The number of hydrogen-bond donors (Lipinski definition) is 0. The quantitative estimate of drug-likeness (QED) is 0.752. The van der Waals surface area contributed by atoms with E-state index in [2.05, 4.69) is 29.0 Å². The number of benzene rings is 2. The Morgan fingerprint density at radius 3 is 2.77 bits per heavy atom. The minimum atomic E-state index is -0.448. The van der Waals surface area contributed by atoms with Crippen LogP contribution in [0.2, 0.25) is 0 Å². The van der Waals surface area contributed by atoms with Crippen LogP contribution in [0.5, 0.6) is 23.0 Å². The van der Waals surface area contributed by atoms with Crippen molar-refractivity contribution in [2.24, 2.45) is 5.10 Å². The van der Waals surface area contributed by atoms with Gasteiger partial charge in [-0.05, 0) is 30.8 Å². The van der Waals surface area contributed by atoms with E-state index in [4.69, 9.17) is 24.0 Å². The Morgan fingerprint density at radius 1 is 1.13 bits per heavy atom. The molecule has 31 heavy (non-hydrogen) atoms. The van der Waals surface area contributed by atoms with E-state index in [0.717, 1.165) is 78.7 Å². The molecule has 1 spiro atoms. The average molecular weight is 421 g/mol. The van der Waals surface area contributed by atoms with Crippen LogP contribution < -0.4 is 18.9 Å². The summed E-state index contributed by atoms with van der Waals surface area (Å²) in [5, 5.41) is 7.40. The van der Waals surface area contributed by atoms with Crippen molar-refractivity contribution in [3.8, 4) is 23.0 Å². The van der Waals surface area contributed by atoms with Crippen LogP contribution in [0.3, 0.4) is 0 Å². The van der Waals surface area contributed by atoms with E-state index < -0.39 is 5.72 Å². The van der Waals surface area contributed by atoms with E-state index in [1.54, 1.807) is 7.11 Å². The van der Waals surface area contributed by atoms with Gasteiger partial charge < -0.3 is 23.8 Å². The topological polar surface area (TPSA) is 55.8 Å². The summed E-state index contributed by atoms with van der Waals surface area (Å²) in [6, 6.07) is 12.4. The molecule has 0 amide bonds. The molecule has 6 rings (SSSR count). The lowest BCUT2D eigenvalue weighted by Gasteiger charge is -2.51. The van der Waals surface area contributed by atoms with Crippen molar-refractivity contribution in [1.82, 2.24) is 9.91 Å². The first kappa shape index (κ1) is 18.8. The van der Waals surface area contributed by atoms with Gasteiger partial charge in [-0.2, -0.15) is 5.10 Å². The smallest absolute Gasteiger partial charge is 0.231 e. The molecule has 4 heterocycles. The van der Waals surface area contributed by atoms with Gasteiger partial charge in [-0.25, -0.2) is 5.01 Å². The highest BCUT2D eigenvalue weighted by atomic mass is 16.7. The van der Waals surface area contributed by atoms with Gasteiger partial charge in [0.1, 0.15) is 0 Å². The molecule has 1 saturated heterocycles. The lowest BCUT2D eigenvalue weighted by Crippen LogP contribution is -2.59. The van der Waals surface area contributed by atoms with Gasteiger partial charge in [0.25, 0.3) is 0 Å². The second kappa shape index (κ2) is 7.05. The summed E-state index contributed by atoms with van der Waals surface area (Å²) in [7, 11) is 1.71. The number of piperidine rings is 1. The first-order valence-electron chi connectivity index (χ1n) is 11.1. The second-order valence-corrected chi connectivity index (χ2v) is 8.54. The fourth-order valence-electron chi connectivity index (χ4n) is 5.23. The van der Waals surface area contributed by atoms with Gasteiger partial charge in [0.2, 0.25) is 12.5 Å². The van der Waals surface area contributed by atoms with E-state index >= 15 is 0 Å². The number of methoxy groups -OCH3 is 1. The van der Waals surface area contributed by atoms with Crippen LogP contribution in [0.15, 0.2) is 41.5 Å². The number of fused-ring (bicyclic) bond motifs is 5. The maximum Gasteiger partial charge on any atom is 0.231 e. The minimum absolute atomic E-state index is 0.132. The molecule has 0 radical (unpaired) electrons. The molecule has 1 fully saturated rings. The van der Waals surface area contributed by atoms with Gasteiger partial charge in [0.15, 0.2) is 23.0 Å². The summed E-state index contributed by atoms with van der Waals surface area (Å²) in [5.41, 5.74) is 2.82. The molecule has 0 saturated carbocycles. The summed E-state index contributed by atoms with van der Waals surface area (Å²) in [6.07, 6.45) is 2.64. The molecule has 0 bridgehead atoms. The number of likely N-dealkylation sites (tertiary alicyclic amines) is 1. The largest absolute Gasteiger partial charge is 0.493 e. The molecule has 0 aromatic heterocycles. The zero-order chi connectivity index (χ0) is 21.0. The predicted molar refractivity (Wildman–Crippen MR) is 116 cm³/mol. The molecule has 4 aliphatic rings. The van der Waals surface area contributed by atoms with Crippen LogP contribution >= 0.6 is 0 Å². The summed E-state index contributed by atoms with van der Waals surface area (Å²) >= 11 is 0. The number of hydrogen-bond acceptors (Lipinski definition) is 7. The third kappa shape index (κ3) is 2.86. The van der Waals surface area contributed by atoms with Crippen LogP contribution in [0.25, 0.3) is 0 Å². The van der Waals surface area contributed by atoms with Crippen LogP contribution in [0.1, 0.15) is 43.4 Å². The molecule has 1 unspecified atom stereocenters. The standard InChI is InChI=1S/C24H27N3O4/c1-3-26-11-9-24(10-12-26)27-19(17-5-4-6-21(28-2)23(17)31-24)14-18(25-27)16-7-8-20-22(13-16)30-15-29-20/h4-8,13,19H,3,9-12,14-15H2,1-2H3. The predicted octanol–water partition coefficient (Wildman–Crippen LogP) is 3.78. The third-order valence-corrected chi connectivity index (χ3v) is 7.00. The monoisotopic (exact) mass is 421 g/mol. The highest BCUT2D eigenvalue weighted by molar-refractivity contribution is 6.02. The van der Waals surface area contributed by atoms with Crippen molar-refractivity contribution >= 4 is 5.71 Å². The fraction of sp³-hybridized carbons (Fsp3) is 0.458. The Balaban J connectivity index is 1.42. The van der Waals surface area contributed by atoms with Gasteiger partial charge in [-0.15, -0.1) is 0 Å². The van der Waals surface area contributed by atoms with Gasteiger partial charge in [-0.3, -0.25) is 0 Å². The number of hydrazone groups is 1. The van der Waals surface area contributed by atoms with E-state index in [1.807, 2.05) is 24.3 Å². The van der Waals surface area contributed by atoms with E-state index in [-0.39, 0.29) is 12.8 Å². The molecular weight excluding hydrogens is 394 g/mol. The minimum Gasteiger partial charge on any atom is -0.493 e. The van der Waals surface area contributed by atoms with Crippen molar-refractivity contribution in [1.29, 1.82) is 0 Å². The lowest BCUT2D eigenvalue weighted by atomic mass is 9.90. The Bertz CT molecular complexity index is 1050. The maximum atomic E-state index is 6.77. The molecule has 0 N–H and O–H groups in total. The molecule has 162 valence electrons. The number of rotatable bonds is 3.